The molecule has 0 aliphatic carbocycles. The zero-order valence-corrected chi connectivity index (χ0v) is 12.7. The summed E-state index contributed by atoms with van der Waals surface area (Å²) in [5.41, 5.74) is 1.14. The second-order valence-electron chi connectivity index (χ2n) is 4.21. The van der Waals surface area contributed by atoms with Crippen LogP contribution >= 0.6 is 22.7 Å². The Morgan fingerprint density at radius 3 is 2.78 bits per heavy atom. The molecule has 0 aliphatic heterocycles. The van der Waals surface area contributed by atoms with E-state index in [1.807, 2.05) is 6.20 Å². The van der Waals surface area contributed by atoms with E-state index in [0.717, 1.165) is 30.1 Å². The van der Waals surface area contributed by atoms with Crippen molar-refractivity contribution in [3.8, 4) is 0 Å². The molecule has 1 unspecified atom stereocenters. The summed E-state index contributed by atoms with van der Waals surface area (Å²) in [6.45, 7) is 7.28. The number of aryl methyl sites for hydroxylation is 2. The van der Waals surface area contributed by atoms with Crippen LogP contribution in [-0.4, -0.2) is 9.97 Å². The van der Waals surface area contributed by atoms with Crippen molar-refractivity contribution in [2.45, 2.75) is 46.2 Å². The van der Waals surface area contributed by atoms with Crippen LogP contribution in [0.15, 0.2) is 11.6 Å². The summed E-state index contributed by atoms with van der Waals surface area (Å²) < 4.78 is 0. The van der Waals surface area contributed by atoms with Gasteiger partial charge in [0.2, 0.25) is 0 Å². The Morgan fingerprint density at radius 2 is 2.17 bits per heavy atom. The van der Waals surface area contributed by atoms with Crippen LogP contribution in [0.2, 0.25) is 0 Å². The maximum atomic E-state index is 4.55. The summed E-state index contributed by atoms with van der Waals surface area (Å²) in [6, 6.07) is 0.294. The van der Waals surface area contributed by atoms with E-state index in [9.17, 15) is 0 Å². The summed E-state index contributed by atoms with van der Waals surface area (Å²) in [5, 5.41) is 7.99. The minimum Gasteiger partial charge on any atom is -0.302 e. The van der Waals surface area contributed by atoms with Crippen molar-refractivity contribution < 1.29 is 0 Å². The molecule has 0 amide bonds. The van der Waals surface area contributed by atoms with Crippen LogP contribution in [0.1, 0.15) is 47.4 Å². The van der Waals surface area contributed by atoms with Gasteiger partial charge >= 0.3 is 0 Å². The molecule has 3 nitrogen and oxygen atoms in total. The fourth-order valence-electron chi connectivity index (χ4n) is 1.62. The van der Waals surface area contributed by atoms with Crippen molar-refractivity contribution in [2.75, 3.05) is 0 Å². The fraction of sp³-hybridized carbons (Fsp3) is 0.538. The molecule has 5 heteroatoms. The molecule has 0 bridgehead atoms. The van der Waals surface area contributed by atoms with Gasteiger partial charge in [0.05, 0.1) is 16.7 Å². The molecule has 0 aromatic carbocycles. The van der Waals surface area contributed by atoms with Crippen molar-refractivity contribution in [2.24, 2.45) is 0 Å². The van der Waals surface area contributed by atoms with Crippen LogP contribution in [0.25, 0.3) is 0 Å². The average Bonchev–Trinajstić information content (AvgIpc) is 3.04. The maximum absolute atomic E-state index is 4.55. The Kier molecular flexibility index (Phi) is 4.86. The smallest absolute Gasteiger partial charge is 0.109 e. The van der Waals surface area contributed by atoms with Crippen molar-refractivity contribution >= 4 is 22.7 Å². The van der Waals surface area contributed by atoms with E-state index < -0.39 is 0 Å². The van der Waals surface area contributed by atoms with Gasteiger partial charge in [0.15, 0.2) is 0 Å². The number of hydrogen-bond donors (Lipinski definition) is 1. The molecular weight excluding hydrogens is 262 g/mol. The molecule has 1 atom stereocenters. The highest BCUT2D eigenvalue weighted by Gasteiger charge is 2.10. The van der Waals surface area contributed by atoms with E-state index in [4.69, 9.17) is 0 Å². The molecule has 0 fully saturated rings. The highest BCUT2D eigenvalue weighted by molar-refractivity contribution is 7.11. The molecule has 98 valence electrons. The third-order valence-electron chi connectivity index (χ3n) is 2.78. The van der Waals surface area contributed by atoms with Gasteiger partial charge in [-0.3, -0.25) is 0 Å². The molecule has 18 heavy (non-hydrogen) atoms. The first-order valence-corrected chi connectivity index (χ1v) is 8.03. The SMILES string of the molecule is CCc1cnc(C(C)NCc2csc(CC)n2)s1. The summed E-state index contributed by atoms with van der Waals surface area (Å²) in [5.74, 6) is 0. The molecule has 2 aromatic heterocycles. The van der Waals surface area contributed by atoms with Gasteiger partial charge in [-0.2, -0.15) is 0 Å². The predicted octanol–water partition coefficient (Wildman–Crippen LogP) is 3.58. The highest BCUT2D eigenvalue weighted by atomic mass is 32.1. The van der Waals surface area contributed by atoms with E-state index in [1.54, 1.807) is 22.7 Å². The largest absolute Gasteiger partial charge is 0.302 e. The van der Waals surface area contributed by atoms with Crippen molar-refractivity contribution in [1.29, 1.82) is 0 Å². The number of nitrogens with one attached hydrogen (secondary N) is 1. The summed E-state index contributed by atoms with van der Waals surface area (Å²) >= 11 is 3.54. The zero-order chi connectivity index (χ0) is 13.0. The Bertz CT molecular complexity index is 490. The van der Waals surface area contributed by atoms with Crippen LogP contribution in [0.4, 0.5) is 0 Å². The van der Waals surface area contributed by atoms with E-state index >= 15 is 0 Å². The predicted molar refractivity (Wildman–Crippen MR) is 78.2 cm³/mol. The van der Waals surface area contributed by atoms with Gasteiger partial charge in [0.1, 0.15) is 5.01 Å². The third kappa shape index (κ3) is 3.37. The third-order valence-corrected chi connectivity index (χ3v) is 5.15. The van der Waals surface area contributed by atoms with Crippen LogP contribution in [0, 0.1) is 0 Å². The molecule has 2 rings (SSSR count). The Morgan fingerprint density at radius 1 is 1.33 bits per heavy atom. The van der Waals surface area contributed by atoms with Gasteiger partial charge in [0.25, 0.3) is 0 Å². The van der Waals surface area contributed by atoms with Gasteiger partial charge in [0, 0.05) is 23.0 Å². The molecule has 1 N–H and O–H groups in total. The lowest BCUT2D eigenvalue weighted by Gasteiger charge is -2.09. The van der Waals surface area contributed by atoms with Crippen LogP contribution in [0.3, 0.4) is 0 Å². The van der Waals surface area contributed by atoms with Gasteiger partial charge in [-0.25, -0.2) is 9.97 Å². The molecule has 0 saturated carbocycles. The summed E-state index contributed by atoms with van der Waals surface area (Å²) in [4.78, 5) is 10.4. The first-order chi connectivity index (χ1) is 8.72. The molecule has 0 radical (unpaired) electrons. The normalized spacial score (nSPS) is 12.8. The Hall–Kier alpha value is -0.780. The number of thiazole rings is 2. The van der Waals surface area contributed by atoms with Gasteiger partial charge in [-0.05, 0) is 19.8 Å². The van der Waals surface area contributed by atoms with Crippen LogP contribution in [-0.2, 0) is 19.4 Å². The Balaban J connectivity index is 1.89. The number of aromatic nitrogens is 2. The van der Waals surface area contributed by atoms with E-state index in [2.05, 4.69) is 41.4 Å². The number of rotatable bonds is 6. The maximum Gasteiger partial charge on any atom is 0.109 e. The molecule has 2 heterocycles. The minimum atomic E-state index is 0.294. The number of hydrogen-bond acceptors (Lipinski definition) is 5. The lowest BCUT2D eigenvalue weighted by molar-refractivity contribution is 0.566. The topological polar surface area (TPSA) is 37.8 Å². The van der Waals surface area contributed by atoms with Crippen molar-refractivity contribution in [3.05, 3.63) is 32.2 Å². The van der Waals surface area contributed by atoms with Crippen molar-refractivity contribution in [3.63, 3.8) is 0 Å². The first kappa shape index (κ1) is 13.6. The van der Waals surface area contributed by atoms with Crippen molar-refractivity contribution in [1.82, 2.24) is 15.3 Å². The summed E-state index contributed by atoms with van der Waals surface area (Å²) in [7, 11) is 0. The van der Waals surface area contributed by atoms with Crippen LogP contribution in [0.5, 0.6) is 0 Å². The standard InChI is InChI=1S/C13H19N3S2/c1-4-11-7-15-13(18-11)9(3)14-6-10-8-17-12(5-2)16-10/h7-9,14H,4-6H2,1-3H3. The summed E-state index contributed by atoms with van der Waals surface area (Å²) in [6.07, 6.45) is 4.07. The van der Waals surface area contributed by atoms with Gasteiger partial charge < -0.3 is 5.32 Å². The van der Waals surface area contributed by atoms with E-state index in [1.165, 1.54) is 9.88 Å². The minimum absolute atomic E-state index is 0.294. The first-order valence-electron chi connectivity index (χ1n) is 6.34. The van der Waals surface area contributed by atoms with E-state index in [0.29, 0.717) is 6.04 Å². The number of nitrogens with zero attached hydrogens (tertiary/aromatic N) is 2. The molecule has 0 saturated heterocycles. The fourth-order valence-corrected chi connectivity index (χ4v) is 3.25. The average molecular weight is 281 g/mol. The van der Waals surface area contributed by atoms with Crippen LogP contribution < -0.4 is 5.32 Å². The molecule has 2 aromatic rings. The molecular formula is C13H19N3S2. The monoisotopic (exact) mass is 281 g/mol. The second kappa shape index (κ2) is 6.41. The highest BCUT2D eigenvalue weighted by Crippen LogP contribution is 2.20. The lowest BCUT2D eigenvalue weighted by Crippen LogP contribution is -2.18. The zero-order valence-electron chi connectivity index (χ0n) is 11.1. The molecule has 0 aliphatic rings. The van der Waals surface area contributed by atoms with Gasteiger partial charge in [-0.1, -0.05) is 13.8 Å². The lowest BCUT2D eigenvalue weighted by atomic mass is 10.3. The van der Waals surface area contributed by atoms with E-state index in [-0.39, 0.29) is 0 Å². The van der Waals surface area contributed by atoms with Gasteiger partial charge in [-0.15, -0.1) is 22.7 Å². The molecule has 0 spiro atoms. The second-order valence-corrected chi connectivity index (χ2v) is 6.30. The quantitative estimate of drug-likeness (QED) is 0.879. The Labute approximate surface area is 116 Å².